The number of hydrogen-bond acceptors (Lipinski definition) is 5. The highest BCUT2D eigenvalue weighted by atomic mass is 32.2. The molecule has 0 saturated heterocycles. The maximum atomic E-state index is 5.68. The number of furan rings is 1. The van der Waals surface area contributed by atoms with Gasteiger partial charge in [-0.25, -0.2) is 0 Å². The van der Waals surface area contributed by atoms with E-state index in [2.05, 4.69) is 27.7 Å². The first-order valence-electron chi connectivity index (χ1n) is 6.42. The van der Waals surface area contributed by atoms with Gasteiger partial charge in [0.25, 0.3) is 0 Å². The Kier molecular flexibility index (Phi) is 4.36. The normalized spacial score (nSPS) is 11.1. The minimum Gasteiger partial charge on any atom is -0.448 e. The predicted molar refractivity (Wildman–Crippen MR) is 92.1 cm³/mol. The van der Waals surface area contributed by atoms with Crippen molar-refractivity contribution < 1.29 is 4.42 Å². The lowest BCUT2D eigenvalue weighted by Gasteiger charge is -2.02. The van der Waals surface area contributed by atoms with E-state index < -0.39 is 0 Å². The summed E-state index contributed by atoms with van der Waals surface area (Å²) in [7, 11) is 0. The summed E-state index contributed by atoms with van der Waals surface area (Å²) in [6.07, 6.45) is 3.30. The van der Waals surface area contributed by atoms with E-state index in [1.54, 1.807) is 6.20 Å². The molecule has 0 spiro atoms. The van der Waals surface area contributed by atoms with Crippen molar-refractivity contribution in [3.63, 3.8) is 0 Å². The Bertz CT molecular complexity index is 839. The largest absolute Gasteiger partial charge is 0.448 e. The topological polar surface area (TPSA) is 76.4 Å². The molecule has 0 atom stereocenters. The van der Waals surface area contributed by atoms with Gasteiger partial charge in [-0.05, 0) is 48.2 Å². The van der Waals surface area contributed by atoms with Crippen molar-refractivity contribution >= 4 is 46.2 Å². The molecule has 3 N–H and O–H groups in total. The highest BCUT2D eigenvalue weighted by Gasteiger charge is 2.07. The van der Waals surface area contributed by atoms with E-state index >= 15 is 0 Å². The van der Waals surface area contributed by atoms with Crippen molar-refractivity contribution in [1.82, 2.24) is 10.4 Å². The number of aromatic nitrogens is 1. The lowest BCUT2D eigenvalue weighted by Crippen LogP contribution is -2.23. The molecule has 3 aromatic rings. The molecule has 0 aliphatic heterocycles. The van der Waals surface area contributed by atoms with E-state index in [-0.39, 0.29) is 5.11 Å². The highest BCUT2D eigenvalue weighted by molar-refractivity contribution is 7.99. The van der Waals surface area contributed by atoms with Gasteiger partial charge >= 0.3 is 0 Å². The molecule has 7 heteroatoms. The Hall–Kier alpha value is -2.38. The van der Waals surface area contributed by atoms with Crippen LogP contribution < -0.4 is 11.2 Å². The van der Waals surface area contributed by atoms with Gasteiger partial charge in [0.2, 0.25) is 0 Å². The van der Waals surface area contributed by atoms with Gasteiger partial charge in [0.05, 0.1) is 11.7 Å². The van der Waals surface area contributed by atoms with Gasteiger partial charge in [0.1, 0.15) is 5.76 Å². The molecule has 0 unspecified atom stereocenters. The maximum absolute atomic E-state index is 5.68. The van der Waals surface area contributed by atoms with Crippen LogP contribution in [0.3, 0.4) is 0 Å². The number of para-hydroxylation sites is 1. The van der Waals surface area contributed by atoms with E-state index in [0.29, 0.717) is 5.76 Å². The number of hydrogen-bond donors (Lipinski definition) is 2. The van der Waals surface area contributed by atoms with Crippen LogP contribution in [0.25, 0.3) is 10.9 Å². The molecule has 0 aliphatic rings. The van der Waals surface area contributed by atoms with Crippen molar-refractivity contribution in [1.29, 1.82) is 0 Å². The molecule has 0 saturated carbocycles. The first kappa shape index (κ1) is 14.6. The number of hydrazone groups is 1. The van der Waals surface area contributed by atoms with Crippen LogP contribution in [-0.4, -0.2) is 16.3 Å². The number of nitrogens with two attached hydrogens (primary N) is 1. The van der Waals surface area contributed by atoms with Crippen molar-refractivity contribution in [3.8, 4) is 0 Å². The number of nitrogens with zero attached hydrogens (tertiary/aromatic N) is 2. The molecule has 22 heavy (non-hydrogen) atoms. The van der Waals surface area contributed by atoms with Crippen LogP contribution in [0.5, 0.6) is 0 Å². The lowest BCUT2D eigenvalue weighted by atomic mass is 10.2. The minimum atomic E-state index is 0.110. The van der Waals surface area contributed by atoms with Crippen LogP contribution in [0.4, 0.5) is 0 Å². The standard InChI is InChI=1S/C15H12N4OS2/c16-15(21)19-18-9-11-6-7-13(20-11)22-12-5-1-3-10-4-2-8-17-14(10)12/h1-9H,(H3,16,19,21)/b18-9-. The first-order valence-corrected chi connectivity index (χ1v) is 7.65. The highest BCUT2D eigenvalue weighted by Crippen LogP contribution is 2.33. The van der Waals surface area contributed by atoms with Gasteiger partial charge in [0, 0.05) is 16.5 Å². The molecule has 0 fully saturated rings. The monoisotopic (exact) mass is 328 g/mol. The molecule has 0 radical (unpaired) electrons. The Labute approximate surface area is 136 Å². The summed E-state index contributed by atoms with van der Waals surface area (Å²) >= 11 is 6.17. The van der Waals surface area contributed by atoms with E-state index in [4.69, 9.17) is 10.2 Å². The maximum Gasteiger partial charge on any atom is 0.184 e. The summed E-state index contributed by atoms with van der Waals surface area (Å²) in [5.74, 6) is 0.611. The van der Waals surface area contributed by atoms with E-state index in [0.717, 1.165) is 20.9 Å². The molecule has 1 aromatic carbocycles. The molecular weight excluding hydrogens is 316 g/mol. The summed E-state index contributed by atoms with van der Waals surface area (Å²) < 4.78 is 5.68. The fraction of sp³-hybridized carbons (Fsp3) is 0. The average molecular weight is 328 g/mol. The van der Waals surface area contributed by atoms with E-state index in [1.807, 2.05) is 42.5 Å². The van der Waals surface area contributed by atoms with Crippen molar-refractivity contribution in [2.75, 3.05) is 0 Å². The van der Waals surface area contributed by atoms with E-state index in [1.165, 1.54) is 18.0 Å². The summed E-state index contributed by atoms with van der Waals surface area (Å²) in [4.78, 5) is 5.47. The van der Waals surface area contributed by atoms with Crippen LogP contribution in [0, 0.1) is 0 Å². The summed E-state index contributed by atoms with van der Waals surface area (Å²) in [6, 6.07) is 13.7. The van der Waals surface area contributed by atoms with Crippen LogP contribution in [0.1, 0.15) is 5.76 Å². The summed E-state index contributed by atoms with van der Waals surface area (Å²) in [5, 5.41) is 5.82. The lowest BCUT2D eigenvalue weighted by molar-refractivity contribution is 0.469. The Morgan fingerprint density at radius 2 is 2.14 bits per heavy atom. The molecule has 5 nitrogen and oxygen atoms in total. The summed E-state index contributed by atoms with van der Waals surface area (Å²) in [6.45, 7) is 0. The predicted octanol–water partition coefficient (Wildman–Crippen LogP) is 3.15. The Morgan fingerprint density at radius 1 is 1.27 bits per heavy atom. The third-order valence-electron chi connectivity index (χ3n) is 2.77. The molecule has 3 rings (SSSR count). The fourth-order valence-electron chi connectivity index (χ4n) is 1.89. The number of thiocarbonyl (C=S) groups is 1. The van der Waals surface area contributed by atoms with Gasteiger partial charge in [-0.15, -0.1) is 0 Å². The zero-order chi connectivity index (χ0) is 15.4. The molecule has 110 valence electrons. The zero-order valence-corrected chi connectivity index (χ0v) is 13.0. The van der Waals surface area contributed by atoms with Gasteiger partial charge in [-0.2, -0.15) is 5.10 Å². The first-order chi connectivity index (χ1) is 10.7. The van der Waals surface area contributed by atoms with Crippen LogP contribution in [-0.2, 0) is 0 Å². The third kappa shape index (κ3) is 3.44. The second kappa shape index (κ2) is 6.59. The Morgan fingerprint density at radius 3 is 3.00 bits per heavy atom. The van der Waals surface area contributed by atoms with Crippen molar-refractivity contribution in [2.24, 2.45) is 10.8 Å². The van der Waals surface area contributed by atoms with Gasteiger partial charge in [0.15, 0.2) is 10.2 Å². The van der Waals surface area contributed by atoms with Crippen molar-refractivity contribution in [2.45, 2.75) is 9.99 Å². The summed E-state index contributed by atoms with van der Waals surface area (Å²) in [5.41, 5.74) is 8.72. The number of fused-ring (bicyclic) bond motifs is 1. The second-order valence-corrected chi connectivity index (χ2v) is 5.81. The van der Waals surface area contributed by atoms with Crippen molar-refractivity contribution in [3.05, 3.63) is 54.4 Å². The molecule has 0 amide bonds. The molecule has 0 bridgehead atoms. The molecule has 2 heterocycles. The SMILES string of the molecule is NC(=S)N/N=C\c1ccc(Sc2cccc3cccnc23)o1. The molecular formula is C15H12N4OS2. The smallest absolute Gasteiger partial charge is 0.184 e. The fourth-order valence-corrected chi connectivity index (χ4v) is 2.84. The van der Waals surface area contributed by atoms with Gasteiger partial charge < -0.3 is 10.2 Å². The second-order valence-electron chi connectivity index (χ2n) is 4.32. The number of benzene rings is 1. The quantitative estimate of drug-likeness (QED) is 0.435. The molecule has 2 aromatic heterocycles. The Balaban J connectivity index is 1.79. The van der Waals surface area contributed by atoms with Crippen LogP contribution >= 0.6 is 24.0 Å². The molecule has 0 aliphatic carbocycles. The van der Waals surface area contributed by atoms with Crippen LogP contribution in [0.15, 0.2) is 68.2 Å². The van der Waals surface area contributed by atoms with E-state index in [9.17, 15) is 0 Å². The number of nitrogens with one attached hydrogen (secondary N) is 1. The van der Waals surface area contributed by atoms with Gasteiger partial charge in [-0.1, -0.05) is 18.2 Å². The third-order valence-corrected chi connectivity index (χ3v) is 3.84. The van der Waals surface area contributed by atoms with Crippen LogP contribution in [0.2, 0.25) is 0 Å². The van der Waals surface area contributed by atoms with Gasteiger partial charge in [-0.3, -0.25) is 10.4 Å². The zero-order valence-electron chi connectivity index (χ0n) is 11.4. The minimum absolute atomic E-state index is 0.110. The number of pyridine rings is 1. The number of rotatable bonds is 4. The average Bonchev–Trinajstić information content (AvgIpc) is 2.95.